The molecule has 5 heteroatoms. The molecule has 2 aromatic rings. The Morgan fingerprint density at radius 1 is 1.36 bits per heavy atom. The van der Waals surface area contributed by atoms with Crippen LogP contribution in [-0.2, 0) is 0 Å². The molecular weight excluding hydrogens is 280 g/mol. The number of piperazine rings is 1. The summed E-state index contributed by atoms with van der Waals surface area (Å²) in [6.45, 7) is 3.97. The van der Waals surface area contributed by atoms with E-state index in [1.165, 1.54) is 0 Å². The van der Waals surface area contributed by atoms with E-state index in [4.69, 9.17) is 9.15 Å². The predicted octanol–water partition coefficient (Wildman–Crippen LogP) is 2.38. The van der Waals surface area contributed by atoms with Crippen LogP contribution in [0.3, 0.4) is 0 Å². The fraction of sp³-hybridized carbons (Fsp3) is 0.353. The third kappa shape index (κ3) is 2.60. The van der Waals surface area contributed by atoms with Crippen molar-refractivity contribution in [1.29, 1.82) is 0 Å². The molecule has 22 heavy (non-hydrogen) atoms. The molecule has 1 aromatic heterocycles. The Hall–Kier alpha value is -2.27. The van der Waals surface area contributed by atoms with E-state index in [1.54, 1.807) is 19.4 Å². The maximum Gasteiger partial charge on any atom is 0.257 e. The van der Waals surface area contributed by atoms with E-state index >= 15 is 0 Å². The largest absolute Gasteiger partial charge is 0.496 e. The highest BCUT2D eigenvalue weighted by Gasteiger charge is 2.31. The summed E-state index contributed by atoms with van der Waals surface area (Å²) in [4.78, 5) is 14.8. The van der Waals surface area contributed by atoms with Gasteiger partial charge in [0, 0.05) is 25.2 Å². The predicted molar refractivity (Wildman–Crippen MR) is 83.1 cm³/mol. The Morgan fingerprint density at radius 3 is 2.91 bits per heavy atom. The van der Waals surface area contributed by atoms with Crippen molar-refractivity contribution >= 4 is 5.91 Å². The average Bonchev–Trinajstić information content (AvgIpc) is 3.00. The van der Waals surface area contributed by atoms with Gasteiger partial charge in [0.1, 0.15) is 11.5 Å². The van der Waals surface area contributed by atoms with Crippen molar-refractivity contribution in [1.82, 2.24) is 10.2 Å². The fourth-order valence-corrected chi connectivity index (χ4v) is 2.93. The second kappa shape index (κ2) is 6.23. The zero-order valence-electron chi connectivity index (χ0n) is 12.8. The highest BCUT2D eigenvalue weighted by atomic mass is 16.5. The van der Waals surface area contributed by atoms with E-state index in [0.29, 0.717) is 24.4 Å². The first kappa shape index (κ1) is 14.7. The van der Waals surface area contributed by atoms with Crippen LogP contribution in [0.25, 0.3) is 0 Å². The molecule has 1 saturated heterocycles. The molecule has 3 rings (SSSR count). The molecule has 1 aromatic carbocycles. The van der Waals surface area contributed by atoms with Gasteiger partial charge in [0.2, 0.25) is 0 Å². The molecule has 5 nitrogen and oxygen atoms in total. The first-order valence-electron chi connectivity index (χ1n) is 7.41. The molecule has 2 heterocycles. The van der Waals surface area contributed by atoms with Crippen LogP contribution in [0.15, 0.2) is 41.0 Å². The van der Waals surface area contributed by atoms with Crippen molar-refractivity contribution in [3.05, 3.63) is 53.5 Å². The van der Waals surface area contributed by atoms with E-state index in [9.17, 15) is 4.79 Å². The van der Waals surface area contributed by atoms with Gasteiger partial charge < -0.3 is 19.4 Å². The van der Waals surface area contributed by atoms with Crippen LogP contribution in [0, 0.1) is 6.92 Å². The minimum atomic E-state index is -0.0494. The molecule has 0 spiro atoms. The van der Waals surface area contributed by atoms with Crippen molar-refractivity contribution in [3.63, 3.8) is 0 Å². The number of carbonyl (C=O) groups excluding carboxylic acids is 1. The van der Waals surface area contributed by atoms with Crippen LogP contribution < -0.4 is 10.1 Å². The first-order valence-corrected chi connectivity index (χ1v) is 7.41. The standard InChI is InChI=1S/C17H20N2O3/c1-12-13(7-10-22-12)17(20)19-9-8-18-11-15(19)14-5-3-4-6-16(14)21-2/h3-7,10,15,18H,8-9,11H2,1-2H3. The molecule has 0 bridgehead atoms. The number of benzene rings is 1. The monoisotopic (exact) mass is 300 g/mol. The number of carbonyl (C=O) groups is 1. The topological polar surface area (TPSA) is 54.7 Å². The van der Waals surface area contributed by atoms with E-state index in [2.05, 4.69) is 5.32 Å². The van der Waals surface area contributed by atoms with E-state index in [0.717, 1.165) is 17.9 Å². The van der Waals surface area contributed by atoms with E-state index in [-0.39, 0.29) is 11.9 Å². The summed E-state index contributed by atoms with van der Waals surface area (Å²) in [6.07, 6.45) is 1.56. The maximum absolute atomic E-state index is 12.9. The minimum Gasteiger partial charge on any atom is -0.496 e. The summed E-state index contributed by atoms with van der Waals surface area (Å²) in [6, 6.07) is 9.53. The van der Waals surface area contributed by atoms with Gasteiger partial charge in [-0.1, -0.05) is 18.2 Å². The summed E-state index contributed by atoms with van der Waals surface area (Å²) >= 11 is 0. The molecule has 1 aliphatic rings. The van der Waals surface area contributed by atoms with Gasteiger partial charge in [-0.15, -0.1) is 0 Å². The van der Waals surface area contributed by atoms with Crippen LogP contribution >= 0.6 is 0 Å². The van der Waals surface area contributed by atoms with Crippen molar-refractivity contribution < 1.29 is 13.9 Å². The number of hydrogen-bond donors (Lipinski definition) is 1. The smallest absolute Gasteiger partial charge is 0.257 e. The minimum absolute atomic E-state index is 0.00339. The van der Waals surface area contributed by atoms with Crippen LogP contribution in [0.4, 0.5) is 0 Å². The SMILES string of the molecule is COc1ccccc1C1CNCCN1C(=O)c1ccoc1C. The third-order valence-corrected chi connectivity index (χ3v) is 4.09. The quantitative estimate of drug-likeness (QED) is 0.945. The van der Waals surface area contributed by atoms with Gasteiger partial charge in [-0.25, -0.2) is 0 Å². The summed E-state index contributed by atoms with van der Waals surface area (Å²) < 4.78 is 10.7. The van der Waals surface area contributed by atoms with Crippen LogP contribution in [0.1, 0.15) is 27.7 Å². The van der Waals surface area contributed by atoms with Gasteiger partial charge in [0.05, 0.1) is 25.0 Å². The number of para-hydroxylation sites is 1. The summed E-state index contributed by atoms with van der Waals surface area (Å²) in [7, 11) is 1.65. The van der Waals surface area contributed by atoms with Crippen LogP contribution in [0.5, 0.6) is 5.75 Å². The lowest BCUT2D eigenvalue weighted by Crippen LogP contribution is -2.48. The van der Waals surface area contributed by atoms with Crippen LogP contribution in [0.2, 0.25) is 0 Å². The molecule has 1 amide bonds. The second-order valence-corrected chi connectivity index (χ2v) is 5.35. The van der Waals surface area contributed by atoms with Gasteiger partial charge in [0.15, 0.2) is 0 Å². The fourth-order valence-electron chi connectivity index (χ4n) is 2.93. The van der Waals surface area contributed by atoms with Gasteiger partial charge in [-0.3, -0.25) is 4.79 Å². The summed E-state index contributed by atoms with van der Waals surface area (Å²) in [5, 5.41) is 3.36. The zero-order chi connectivity index (χ0) is 15.5. The van der Waals surface area contributed by atoms with Gasteiger partial charge in [-0.2, -0.15) is 0 Å². The average molecular weight is 300 g/mol. The highest BCUT2D eigenvalue weighted by Crippen LogP contribution is 2.31. The van der Waals surface area contributed by atoms with Crippen molar-refractivity contribution in [2.24, 2.45) is 0 Å². The number of rotatable bonds is 3. The number of methoxy groups -OCH3 is 1. The van der Waals surface area contributed by atoms with Crippen molar-refractivity contribution in [2.75, 3.05) is 26.7 Å². The van der Waals surface area contributed by atoms with Gasteiger partial charge in [0.25, 0.3) is 5.91 Å². The van der Waals surface area contributed by atoms with Gasteiger partial charge >= 0.3 is 0 Å². The molecule has 1 fully saturated rings. The normalized spacial score (nSPS) is 18.3. The molecular formula is C17H20N2O3. The first-order chi connectivity index (χ1) is 10.7. The lowest BCUT2D eigenvalue weighted by Gasteiger charge is -2.37. The van der Waals surface area contributed by atoms with E-state index in [1.807, 2.05) is 36.1 Å². The molecule has 0 radical (unpaired) electrons. The highest BCUT2D eigenvalue weighted by molar-refractivity contribution is 5.95. The maximum atomic E-state index is 12.9. The number of nitrogens with zero attached hydrogens (tertiary/aromatic N) is 1. The Balaban J connectivity index is 1.95. The Kier molecular flexibility index (Phi) is 4.15. The van der Waals surface area contributed by atoms with Crippen LogP contribution in [-0.4, -0.2) is 37.6 Å². The molecule has 0 saturated carbocycles. The third-order valence-electron chi connectivity index (χ3n) is 4.09. The second-order valence-electron chi connectivity index (χ2n) is 5.35. The van der Waals surface area contributed by atoms with Crippen molar-refractivity contribution in [2.45, 2.75) is 13.0 Å². The lowest BCUT2D eigenvalue weighted by molar-refractivity contribution is 0.0630. The van der Waals surface area contributed by atoms with E-state index < -0.39 is 0 Å². The van der Waals surface area contributed by atoms with Crippen molar-refractivity contribution in [3.8, 4) is 5.75 Å². The number of furan rings is 1. The Bertz CT molecular complexity index is 665. The number of aryl methyl sites for hydroxylation is 1. The Morgan fingerprint density at radius 2 is 2.18 bits per heavy atom. The summed E-state index contributed by atoms with van der Waals surface area (Å²) in [5.41, 5.74) is 1.65. The molecule has 116 valence electrons. The molecule has 1 N–H and O–H groups in total. The molecule has 0 aliphatic carbocycles. The van der Waals surface area contributed by atoms with Gasteiger partial charge in [-0.05, 0) is 19.1 Å². The molecule has 1 aliphatic heterocycles. The molecule has 1 unspecified atom stereocenters. The number of ether oxygens (including phenoxy) is 1. The summed E-state index contributed by atoms with van der Waals surface area (Å²) in [5.74, 6) is 1.46. The molecule has 1 atom stereocenters. The Labute approximate surface area is 129 Å². The zero-order valence-corrected chi connectivity index (χ0v) is 12.8. The number of hydrogen-bond acceptors (Lipinski definition) is 4. The lowest BCUT2D eigenvalue weighted by atomic mass is 10.0. The number of nitrogens with one attached hydrogen (secondary N) is 1. The number of amides is 1.